The Morgan fingerprint density at radius 2 is 0.865 bits per heavy atom. The molecule has 0 saturated heterocycles. The second-order valence-electron chi connectivity index (χ2n) is 12.8. The Bertz CT molecular complexity index is 3380. The highest BCUT2D eigenvalue weighted by molar-refractivity contribution is 5.99. The van der Waals surface area contributed by atoms with Gasteiger partial charge in [0.1, 0.15) is 0 Å². The van der Waals surface area contributed by atoms with Crippen LogP contribution in [-0.4, -0.2) is 15.0 Å². The lowest BCUT2D eigenvalue weighted by Crippen LogP contribution is -2.00. The van der Waals surface area contributed by atoms with Crippen molar-refractivity contribution in [3.63, 3.8) is 0 Å². The summed E-state index contributed by atoms with van der Waals surface area (Å²) < 4.78 is 60.8. The van der Waals surface area contributed by atoms with Crippen LogP contribution in [0.2, 0.25) is 0 Å². The van der Waals surface area contributed by atoms with Crippen LogP contribution in [0.3, 0.4) is 0 Å². The van der Waals surface area contributed by atoms with Gasteiger partial charge in [-0.25, -0.2) is 15.0 Å². The van der Waals surface area contributed by atoms with Crippen molar-refractivity contribution in [3.05, 3.63) is 188 Å². The van der Waals surface area contributed by atoms with E-state index >= 15 is 0 Å². The van der Waals surface area contributed by atoms with Crippen molar-refractivity contribution >= 4 is 43.1 Å². The summed E-state index contributed by atoms with van der Waals surface area (Å²) in [6.07, 6.45) is 0. The van der Waals surface area contributed by atoms with Crippen LogP contribution >= 0.6 is 0 Å². The highest BCUT2D eigenvalue weighted by Crippen LogP contribution is 2.34. The molecule has 0 spiro atoms. The standard InChI is InChI=1S/C49H31N3/c1-3-12-35-29-43(25-19-32(35)9-1)48-50-47(51-49(52-48)44-26-20-33-10-2-4-13-36(33)30-44)42-16-7-15-37(31-42)38-21-22-40-28-41(24-23-39(40)27-38)46-18-8-14-34-11-5-6-17-45(34)46/h1-31H/i1D,3D,9D,12D,19D,25D,29D. The van der Waals surface area contributed by atoms with Gasteiger partial charge in [0, 0.05) is 16.7 Å². The largest absolute Gasteiger partial charge is 0.208 e. The molecule has 3 nitrogen and oxygen atoms in total. The van der Waals surface area contributed by atoms with Gasteiger partial charge in [0.2, 0.25) is 0 Å². The van der Waals surface area contributed by atoms with Crippen LogP contribution in [0.1, 0.15) is 9.60 Å². The maximum absolute atomic E-state index is 9.24. The molecule has 1 aromatic heterocycles. The predicted octanol–water partition coefficient (Wildman–Crippen LogP) is 12.8. The minimum atomic E-state index is -0.527. The third-order valence-electron chi connectivity index (χ3n) is 9.51. The van der Waals surface area contributed by atoms with E-state index in [0.717, 1.165) is 38.2 Å². The molecule has 3 heteroatoms. The van der Waals surface area contributed by atoms with Crippen molar-refractivity contribution in [2.75, 3.05) is 0 Å². The van der Waals surface area contributed by atoms with E-state index in [1.54, 1.807) is 0 Å². The molecule has 1 heterocycles. The Labute approximate surface area is 311 Å². The van der Waals surface area contributed by atoms with Gasteiger partial charge >= 0.3 is 0 Å². The van der Waals surface area contributed by atoms with Crippen LogP contribution in [-0.2, 0) is 0 Å². The zero-order valence-electron chi connectivity index (χ0n) is 34.7. The number of benzene rings is 9. The summed E-state index contributed by atoms with van der Waals surface area (Å²) in [5.74, 6) is 0.518. The molecule has 0 saturated carbocycles. The Kier molecular flexibility index (Phi) is 5.60. The third-order valence-corrected chi connectivity index (χ3v) is 9.51. The van der Waals surface area contributed by atoms with Crippen LogP contribution in [0.5, 0.6) is 0 Å². The molecule has 0 bridgehead atoms. The first kappa shape index (κ1) is 23.4. The van der Waals surface area contributed by atoms with Crippen molar-refractivity contribution in [2.45, 2.75) is 0 Å². The number of rotatable bonds is 5. The lowest BCUT2D eigenvalue weighted by molar-refractivity contribution is 1.08. The average Bonchev–Trinajstić information content (AvgIpc) is 3.28. The van der Waals surface area contributed by atoms with E-state index in [1.807, 2.05) is 66.7 Å². The van der Waals surface area contributed by atoms with Gasteiger partial charge in [-0.1, -0.05) is 158 Å². The summed E-state index contributed by atoms with van der Waals surface area (Å²) in [5.41, 5.74) is 5.46. The van der Waals surface area contributed by atoms with Crippen molar-refractivity contribution in [2.24, 2.45) is 0 Å². The van der Waals surface area contributed by atoms with E-state index in [-0.39, 0.29) is 39.9 Å². The lowest BCUT2D eigenvalue weighted by atomic mass is 9.94. The fraction of sp³-hybridized carbons (Fsp3) is 0. The molecule has 0 aliphatic carbocycles. The fourth-order valence-corrected chi connectivity index (χ4v) is 6.88. The van der Waals surface area contributed by atoms with E-state index in [0.29, 0.717) is 11.1 Å². The molecule has 52 heavy (non-hydrogen) atoms. The molecular weight excluding hydrogens is 631 g/mol. The molecule has 0 N–H and O–H groups in total. The van der Waals surface area contributed by atoms with Crippen LogP contribution < -0.4 is 0 Å². The van der Waals surface area contributed by atoms with Gasteiger partial charge in [-0.2, -0.15) is 0 Å². The molecule has 0 aliphatic heterocycles. The highest BCUT2D eigenvalue weighted by Gasteiger charge is 2.14. The summed E-state index contributed by atoms with van der Waals surface area (Å²) in [4.78, 5) is 14.6. The molecule has 0 atom stereocenters. The van der Waals surface area contributed by atoms with Crippen LogP contribution in [0.4, 0.5) is 0 Å². The lowest BCUT2D eigenvalue weighted by Gasteiger charge is -2.11. The van der Waals surface area contributed by atoms with E-state index in [9.17, 15) is 1.37 Å². The topological polar surface area (TPSA) is 38.7 Å². The third kappa shape index (κ3) is 5.46. The van der Waals surface area contributed by atoms with Gasteiger partial charge in [-0.05, 0) is 95.7 Å². The number of aromatic nitrogens is 3. The summed E-state index contributed by atoms with van der Waals surface area (Å²) in [5, 5.41) is 6.25. The fourth-order valence-electron chi connectivity index (χ4n) is 6.88. The normalized spacial score (nSPS) is 13.3. The highest BCUT2D eigenvalue weighted by atomic mass is 15.0. The Balaban J connectivity index is 1.12. The van der Waals surface area contributed by atoms with Crippen molar-refractivity contribution in [1.82, 2.24) is 15.0 Å². The van der Waals surface area contributed by atoms with Gasteiger partial charge in [-0.15, -0.1) is 0 Å². The van der Waals surface area contributed by atoms with Gasteiger partial charge in [0.25, 0.3) is 0 Å². The summed E-state index contributed by atoms with van der Waals surface area (Å²) in [7, 11) is 0. The first-order valence-corrected chi connectivity index (χ1v) is 17.0. The first-order valence-electron chi connectivity index (χ1n) is 20.5. The van der Waals surface area contributed by atoms with Gasteiger partial charge < -0.3 is 0 Å². The maximum atomic E-state index is 9.24. The van der Waals surface area contributed by atoms with Gasteiger partial charge in [0.05, 0.1) is 9.60 Å². The zero-order valence-corrected chi connectivity index (χ0v) is 27.7. The molecular formula is C49H31N3. The Morgan fingerprint density at radius 3 is 1.71 bits per heavy atom. The molecule has 242 valence electrons. The van der Waals surface area contributed by atoms with Crippen molar-refractivity contribution in [1.29, 1.82) is 0 Å². The van der Waals surface area contributed by atoms with Crippen LogP contribution in [0.15, 0.2) is 188 Å². The molecule has 0 fully saturated rings. The molecule has 10 rings (SSSR count). The maximum Gasteiger partial charge on any atom is 0.164 e. The molecule has 0 unspecified atom stereocenters. The second-order valence-corrected chi connectivity index (χ2v) is 12.8. The smallest absolute Gasteiger partial charge is 0.164 e. The van der Waals surface area contributed by atoms with Gasteiger partial charge in [-0.3, -0.25) is 0 Å². The SMILES string of the molecule is [2H]c1c([2H])c([2H])c2c([2H])c(-c3nc(-c4cccc(-c5ccc6cc(-c7cccc8ccccc78)ccc6c5)c4)nc(-c4ccc5ccccc5c4)n3)c([2H])c([2H])c2c1[2H]. The number of nitrogens with zero attached hydrogens (tertiary/aromatic N) is 3. The van der Waals surface area contributed by atoms with E-state index < -0.39 is 36.3 Å². The van der Waals surface area contributed by atoms with E-state index in [2.05, 4.69) is 78.9 Å². The number of fused-ring (bicyclic) bond motifs is 4. The molecule has 0 amide bonds. The molecule has 0 aliphatic rings. The Morgan fingerprint density at radius 1 is 0.327 bits per heavy atom. The summed E-state index contributed by atoms with van der Waals surface area (Å²) >= 11 is 0. The van der Waals surface area contributed by atoms with Gasteiger partial charge in [0.15, 0.2) is 17.5 Å². The monoisotopic (exact) mass is 668 g/mol. The quantitative estimate of drug-likeness (QED) is 0.183. The van der Waals surface area contributed by atoms with Crippen LogP contribution in [0, 0.1) is 0 Å². The molecule has 0 radical (unpaired) electrons. The van der Waals surface area contributed by atoms with E-state index in [4.69, 9.17) is 23.2 Å². The Hall–Kier alpha value is -6.97. The van der Waals surface area contributed by atoms with E-state index in [1.165, 1.54) is 16.3 Å². The minimum Gasteiger partial charge on any atom is -0.208 e. The van der Waals surface area contributed by atoms with Crippen molar-refractivity contribution in [3.8, 4) is 56.4 Å². The number of hydrogen-bond acceptors (Lipinski definition) is 3. The average molecular weight is 669 g/mol. The molecule has 10 aromatic rings. The first-order chi connectivity index (χ1) is 28.6. The van der Waals surface area contributed by atoms with Crippen molar-refractivity contribution < 1.29 is 9.60 Å². The second kappa shape index (κ2) is 12.4. The van der Waals surface area contributed by atoms with Crippen LogP contribution in [0.25, 0.3) is 99.5 Å². The summed E-state index contributed by atoms with van der Waals surface area (Å²) in [6.45, 7) is 0. The minimum absolute atomic E-state index is 0.0472. The predicted molar refractivity (Wildman–Crippen MR) is 217 cm³/mol. The zero-order chi connectivity index (χ0) is 40.5. The molecule has 9 aromatic carbocycles. The number of hydrogen-bond donors (Lipinski definition) is 0. The summed E-state index contributed by atoms with van der Waals surface area (Å²) in [6, 6.07) is 46.1.